The Labute approximate surface area is 246 Å². The van der Waals surface area contributed by atoms with E-state index in [-0.39, 0.29) is 34.9 Å². The Morgan fingerprint density at radius 3 is 2.59 bits per heavy atom. The third kappa shape index (κ3) is 5.73. The summed E-state index contributed by atoms with van der Waals surface area (Å²) in [4.78, 5) is 46.8. The molecule has 3 unspecified atom stereocenters. The lowest BCUT2D eigenvalue weighted by Crippen LogP contribution is -2.35. The Morgan fingerprint density at radius 2 is 1.86 bits per heavy atom. The van der Waals surface area contributed by atoms with Crippen LogP contribution in [-0.2, 0) is 32.2 Å². The molecule has 22 heteroatoms. The van der Waals surface area contributed by atoms with Crippen LogP contribution in [0.15, 0.2) is 35.6 Å². The zero-order valence-electron chi connectivity index (χ0n) is 22.4. The number of nitrogens with one attached hydrogen (secondary N) is 1. The van der Waals surface area contributed by atoms with Gasteiger partial charge in [-0.2, -0.15) is 4.98 Å². The number of aliphatic hydroxyl groups excluding tert-OH is 2. The van der Waals surface area contributed by atoms with E-state index < -0.39 is 77.8 Å². The highest BCUT2D eigenvalue weighted by Crippen LogP contribution is 2.50. The van der Waals surface area contributed by atoms with Crippen LogP contribution in [-0.4, -0.2) is 92.8 Å². The number of aliphatic hydroxyl groups is 2. The number of hydrogen-bond acceptors (Lipinski definition) is 15. The normalized spacial score (nSPS) is 29.0. The van der Waals surface area contributed by atoms with Crippen molar-refractivity contribution in [2.45, 2.75) is 49.4 Å². The summed E-state index contributed by atoms with van der Waals surface area (Å²) in [5.41, 5.74) is 11.4. The number of ether oxygens (including phenoxy) is 2. The molecule has 2 fully saturated rings. The van der Waals surface area contributed by atoms with E-state index in [2.05, 4.69) is 19.9 Å². The molecule has 2 saturated heterocycles. The second-order valence-electron chi connectivity index (χ2n) is 9.97. The standard InChI is InChI=1S/C22H26N8O12P2/c23-16-10-1-3-29(17(10)26-8-25-16)21-14(32)15(41-43(34)35)13(40-21)7-38-44(36,37)42-12-5-9(6-31)39-20(12)30-4-2-11-18(30)27-22(24)28-19(11)33/h1-4,8-9,12-15,20-21,31-32H,5-7H2,(H6-,23,24,25,26,27,28,33,34,35,36,37)/p+1/t9-,12?,13+,14+,15+,20+,21+/m0/s1. The zero-order chi connectivity index (χ0) is 31.3. The highest BCUT2D eigenvalue weighted by molar-refractivity contribution is 7.47. The first-order chi connectivity index (χ1) is 21.0. The van der Waals surface area contributed by atoms with Gasteiger partial charge in [-0.15, -0.1) is 9.42 Å². The average Bonchev–Trinajstić information content (AvgIpc) is 3.73. The summed E-state index contributed by atoms with van der Waals surface area (Å²) in [6.45, 7) is -1.17. The summed E-state index contributed by atoms with van der Waals surface area (Å²) in [6.07, 6.45) is -4.59. The summed E-state index contributed by atoms with van der Waals surface area (Å²) in [6, 6.07) is 3.03. The fourth-order valence-electron chi connectivity index (χ4n) is 5.32. The van der Waals surface area contributed by atoms with Crippen LogP contribution in [0.25, 0.3) is 22.1 Å². The minimum Gasteiger partial charge on any atom is -0.394 e. The molecule has 4 aromatic heterocycles. The maximum atomic E-state index is 13.1. The third-order valence-electron chi connectivity index (χ3n) is 7.23. The minimum atomic E-state index is -4.94. The Balaban J connectivity index is 1.20. The molecule has 0 amide bonds. The van der Waals surface area contributed by atoms with Crippen molar-refractivity contribution in [1.29, 1.82) is 0 Å². The molecule has 2 aliphatic heterocycles. The van der Waals surface area contributed by atoms with Crippen molar-refractivity contribution in [3.8, 4) is 0 Å². The molecule has 0 radical (unpaired) electrons. The molecule has 20 nitrogen and oxygen atoms in total. The molecule has 0 aliphatic carbocycles. The number of nitrogens with two attached hydrogens (primary N) is 2. The molecular weight excluding hydrogens is 630 g/mol. The van der Waals surface area contributed by atoms with E-state index in [0.29, 0.717) is 5.39 Å². The van der Waals surface area contributed by atoms with Crippen LogP contribution in [0.2, 0.25) is 0 Å². The fraction of sp³-hybridized carbons (Fsp3) is 0.455. The molecule has 0 spiro atoms. The highest BCUT2D eigenvalue weighted by Gasteiger charge is 2.51. The number of anilines is 2. The lowest BCUT2D eigenvalue weighted by molar-refractivity contribution is -0.0606. The van der Waals surface area contributed by atoms with Crippen molar-refractivity contribution in [2.24, 2.45) is 0 Å². The average molecular weight is 657 g/mol. The van der Waals surface area contributed by atoms with Gasteiger partial charge < -0.3 is 45.2 Å². The van der Waals surface area contributed by atoms with Gasteiger partial charge in [0.25, 0.3) is 5.56 Å². The van der Waals surface area contributed by atoms with Gasteiger partial charge in [-0.05, 0) is 12.1 Å². The Hall–Kier alpha value is -3.39. The second-order valence-corrected chi connectivity index (χ2v) is 12.1. The monoisotopic (exact) mass is 657 g/mol. The predicted octanol–water partition coefficient (Wildman–Crippen LogP) is -0.591. The number of rotatable bonds is 10. The number of nitrogen functional groups attached to an aromatic ring is 2. The molecule has 0 bridgehead atoms. The molecule has 4 aromatic rings. The first-order valence-electron chi connectivity index (χ1n) is 13.0. The SMILES string of the molecule is Nc1nc2c(ccn2[C@@H]2O[C@H](CO)CC2OP(=O)(O)OC[C@H]2O[C@@H](n3ccc4c(N)ncnc43)[C@H](O)[C@@H]2O[P+](=O)O)c(=O)[nH]1. The second kappa shape index (κ2) is 11.8. The largest absolute Gasteiger partial charge is 0.695 e. The van der Waals surface area contributed by atoms with Gasteiger partial charge in [0.2, 0.25) is 5.95 Å². The fourth-order valence-corrected chi connectivity index (χ4v) is 6.72. The maximum Gasteiger partial charge on any atom is 0.695 e. The van der Waals surface area contributed by atoms with Crippen molar-refractivity contribution in [1.82, 2.24) is 29.1 Å². The van der Waals surface area contributed by atoms with E-state index >= 15 is 0 Å². The summed E-state index contributed by atoms with van der Waals surface area (Å²) < 4.78 is 54.7. The van der Waals surface area contributed by atoms with Crippen LogP contribution in [0.1, 0.15) is 18.9 Å². The third-order valence-corrected chi connectivity index (χ3v) is 8.67. The van der Waals surface area contributed by atoms with E-state index in [0.717, 1.165) is 0 Å². The van der Waals surface area contributed by atoms with E-state index in [1.807, 2.05) is 0 Å². The van der Waals surface area contributed by atoms with Crippen LogP contribution in [0.5, 0.6) is 0 Å². The topological polar surface area (TPSA) is 295 Å². The van der Waals surface area contributed by atoms with Crippen LogP contribution in [0, 0.1) is 0 Å². The summed E-state index contributed by atoms with van der Waals surface area (Å²) in [5, 5.41) is 21.3. The van der Waals surface area contributed by atoms with Crippen molar-refractivity contribution >= 4 is 49.9 Å². The molecule has 9 N–H and O–H groups in total. The first-order valence-corrected chi connectivity index (χ1v) is 15.6. The van der Waals surface area contributed by atoms with Gasteiger partial charge in [0.15, 0.2) is 24.2 Å². The molecule has 0 saturated carbocycles. The van der Waals surface area contributed by atoms with Gasteiger partial charge in [-0.25, -0.2) is 14.5 Å². The van der Waals surface area contributed by atoms with Gasteiger partial charge in [-0.1, -0.05) is 0 Å². The predicted molar refractivity (Wildman–Crippen MR) is 148 cm³/mol. The summed E-state index contributed by atoms with van der Waals surface area (Å²) >= 11 is 0. The van der Waals surface area contributed by atoms with Crippen LogP contribution >= 0.6 is 16.1 Å². The minimum absolute atomic E-state index is 0.0451. The van der Waals surface area contributed by atoms with Gasteiger partial charge in [0, 0.05) is 23.4 Å². The van der Waals surface area contributed by atoms with Gasteiger partial charge in [0.05, 0.1) is 30.1 Å². The molecular formula is C22H27N8O12P2+. The van der Waals surface area contributed by atoms with Crippen molar-refractivity contribution in [3.05, 3.63) is 41.2 Å². The smallest absolute Gasteiger partial charge is 0.394 e. The molecule has 236 valence electrons. The van der Waals surface area contributed by atoms with Crippen molar-refractivity contribution in [3.63, 3.8) is 0 Å². The zero-order valence-corrected chi connectivity index (χ0v) is 24.2. The number of hydrogen-bond donors (Lipinski definition) is 7. The number of phosphoric acid groups is 1. The number of H-pyrrole nitrogens is 1. The van der Waals surface area contributed by atoms with Crippen molar-refractivity contribution < 1.29 is 52.2 Å². The van der Waals surface area contributed by atoms with Crippen LogP contribution < -0.4 is 17.0 Å². The van der Waals surface area contributed by atoms with E-state index in [1.54, 1.807) is 6.07 Å². The van der Waals surface area contributed by atoms with Crippen LogP contribution in [0.4, 0.5) is 11.8 Å². The molecule has 9 atom stereocenters. The molecule has 0 aromatic carbocycles. The molecule has 6 rings (SSSR count). The molecule has 44 heavy (non-hydrogen) atoms. The van der Waals surface area contributed by atoms with Gasteiger partial charge >= 0.3 is 16.1 Å². The Kier molecular flexibility index (Phi) is 8.24. The number of aromatic amines is 1. The maximum absolute atomic E-state index is 13.1. The van der Waals surface area contributed by atoms with E-state index in [1.165, 1.54) is 33.9 Å². The van der Waals surface area contributed by atoms with E-state index in [4.69, 9.17) is 34.5 Å². The number of aromatic nitrogens is 6. The number of phosphoric ester groups is 1. The Morgan fingerprint density at radius 1 is 1.14 bits per heavy atom. The highest BCUT2D eigenvalue weighted by atomic mass is 31.2. The molecule has 2 aliphatic rings. The van der Waals surface area contributed by atoms with Gasteiger partial charge in [0.1, 0.15) is 36.1 Å². The quantitative estimate of drug-likeness (QED) is 0.105. The summed E-state index contributed by atoms with van der Waals surface area (Å²) in [5.74, 6) is -0.00242. The first kappa shape index (κ1) is 30.6. The van der Waals surface area contributed by atoms with Crippen molar-refractivity contribution in [2.75, 3.05) is 24.7 Å². The lowest BCUT2D eigenvalue weighted by atomic mass is 10.1. The number of fused-ring (bicyclic) bond motifs is 2. The van der Waals surface area contributed by atoms with Gasteiger partial charge in [-0.3, -0.25) is 18.8 Å². The number of nitrogens with zero attached hydrogens (tertiary/aromatic N) is 5. The molecule has 6 heterocycles. The summed E-state index contributed by atoms with van der Waals surface area (Å²) in [7, 11) is -8.17. The van der Waals surface area contributed by atoms with Crippen LogP contribution in [0.3, 0.4) is 0 Å². The Bertz CT molecular complexity index is 1810. The van der Waals surface area contributed by atoms with E-state index in [9.17, 15) is 33.9 Å². The lowest BCUT2D eigenvalue weighted by Gasteiger charge is -2.24.